The number of hydrogen-bond acceptors (Lipinski definition) is 7. The average molecular weight is 477 g/mol. The summed E-state index contributed by atoms with van der Waals surface area (Å²) in [6.45, 7) is 19.0. The maximum Gasteiger partial charge on any atom is 0.220 e. The van der Waals surface area contributed by atoms with E-state index in [-0.39, 0.29) is 17.1 Å². The average Bonchev–Trinajstić information content (AvgIpc) is 2.56. The highest BCUT2D eigenvalue weighted by molar-refractivity contribution is 8.47. The van der Waals surface area contributed by atoms with E-state index in [1.54, 1.807) is 11.8 Å². The Kier molecular flexibility index (Phi) is 12.5. The van der Waals surface area contributed by atoms with Crippen LogP contribution in [0.3, 0.4) is 0 Å². The smallest absolute Gasteiger partial charge is 0.220 e. The van der Waals surface area contributed by atoms with E-state index in [1.165, 1.54) is 11.8 Å². The predicted octanol–water partition coefficient (Wildman–Crippen LogP) is 5.72. The first-order valence-electron chi connectivity index (χ1n) is 10.4. The van der Waals surface area contributed by atoms with Gasteiger partial charge in [0.2, 0.25) is 5.91 Å². The van der Waals surface area contributed by atoms with Gasteiger partial charge in [0.25, 0.3) is 0 Å². The van der Waals surface area contributed by atoms with Crippen molar-refractivity contribution in [1.29, 1.82) is 5.26 Å². The third-order valence-electron chi connectivity index (χ3n) is 4.08. The SMILES string of the molecule is CCSC(=S)SC(C)(C#N)CCC(=O)NCCC(C)(C)OCC(C)(C)OC(C)(C)C. The Labute approximate surface area is 197 Å². The van der Waals surface area contributed by atoms with Crippen LogP contribution in [0, 0.1) is 11.3 Å². The minimum atomic E-state index is -0.683. The van der Waals surface area contributed by atoms with Gasteiger partial charge in [-0.15, -0.1) is 11.8 Å². The minimum Gasteiger partial charge on any atom is -0.373 e. The molecular weight excluding hydrogens is 436 g/mol. The zero-order chi connectivity index (χ0) is 23.6. The Morgan fingerprint density at radius 3 is 2.17 bits per heavy atom. The van der Waals surface area contributed by atoms with Gasteiger partial charge in [-0.2, -0.15) is 5.26 Å². The second-order valence-corrected chi connectivity index (χ2v) is 13.7. The summed E-state index contributed by atoms with van der Waals surface area (Å²) in [5, 5.41) is 12.4. The summed E-state index contributed by atoms with van der Waals surface area (Å²) in [5.41, 5.74) is -1.01. The minimum absolute atomic E-state index is 0.0571. The molecule has 1 N–H and O–H groups in total. The fourth-order valence-corrected chi connectivity index (χ4v) is 5.60. The molecule has 0 saturated carbocycles. The topological polar surface area (TPSA) is 71.4 Å². The molecule has 0 aliphatic rings. The van der Waals surface area contributed by atoms with E-state index in [0.29, 0.717) is 32.4 Å². The highest BCUT2D eigenvalue weighted by atomic mass is 32.2. The zero-order valence-corrected chi connectivity index (χ0v) is 22.6. The highest BCUT2D eigenvalue weighted by Gasteiger charge is 2.30. The van der Waals surface area contributed by atoms with Gasteiger partial charge >= 0.3 is 0 Å². The van der Waals surface area contributed by atoms with Crippen LogP contribution in [0.1, 0.15) is 81.6 Å². The molecular formula is C22H40N2O3S3. The molecule has 0 bridgehead atoms. The van der Waals surface area contributed by atoms with Crippen LogP contribution >= 0.6 is 35.7 Å². The van der Waals surface area contributed by atoms with Crippen LogP contribution in [0.4, 0.5) is 0 Å². The number of nitrogens with one attached hydrogen (secondary N) is 1. The van der Waals surface area contributed by atoms with Crippen LogP contribution in [0.25, 0.3) is 0 Å². The summed E-state index contributed by atoms with van der Waals surface area (Å²) in [7, 11) is 0. The summed E-state index contributed by atoms with van der Waals surface area (Å²) < 4.78 is 12.2. The Balaban J connectivity index is 4.39. The molecule has 0 saturated heterocycles. The number of ether oxygens (including phenoxy) is 2. The molecule has 0 rings (SSSR count). The number of amides is 1. The number of thioether (sulfide) groups is 2. The molecule has 1 atom stereocenters. The summed E-state index contributed by atoms with van der Waals surface area (Å²) in [4.78, 5) is 12.2. The van der Waals surface area contributed by atoms with Crippen LogP contribution in [-0.4, -0.2) is 49.9 Å². The van der Waals surface area contributed by atoms with Gasteiger partial charge in [-0.3, -0.25) is 4.79 Å². The van der Waals surface area contributed by atoms with Crippen LogP contribution in [0.15, 0.2) is 0 Å². The molecule has 1 amide bonds. The van der Waals surface area contributed by atoms with Crippen molar-refractivity contribution in [2.45, 2.75) is 103 Å². The number of carbonyl (C=O) groups is 1. The van der Waals surface area contributed by atoms with Gasteiger partial charge in [0.15, 0.2) is 0 Å². The van der Waals surface area contributed by atoms with Crippen LogP contribution in [0.2, 0.25) is 0 Å². The normalized spacial score (nSPS) is 14.7. The molecule has 0 aliphatic carbocycles. The summed E-state index contributed by atoms with van der Waals surface area (Å²) in [6, 6.07) is 2.30. The fourth-order valence-electron chi connectivity index (χ4n) is 2.70. The number of carbonyl (C=O) groups excluding carboxylic acids is 1. The molecule has 8 heteroatoms. The van der Waals surface area contributed by atoms with E-state index >= 15 is 0 Å². The van der Waals surface area contributed by atoms with Crippen molar-refractivity contribution in [2.75, 3.05) is 18.9 Å². The maximum absolute atomic E-state index is 12.2. The molecule has 5 nitrogen and oxygen atoms in total. The number of thiocarbonyl (C=S) groups is 1. The Morgan fingerprint density at radius 1 is 1.07 bits per heavy atom. The Hall–Kier alpha value is -0.330. The van der Waals surface area contributed by atoms with E-state index in [1.807, 2.05) is 62.3 Å². The lowest BCUT2D eigenvalue weighted by molar-refractivity contribution is -0.167. The first-order chi connectivity index (χ1) is 13.5. The highest BCUT2D eigenvalue weighted by Crippen LogP contribution is 2.34. The van der Waals surface area contributed by atoms with Gasteiger partial charge in [-0.1, -0.05) is 30.9 Å². The second-order valence-electron chi connectivity index (χ2n) is 9.75. The van der Waals surface area contributed by atoms with Crippen LogP contribution in [-0.2, 0) is 14.3 Å². The van der Waals surface area contributed by atoms with Gasteiger partial charge in [-0.25, -0.2) is 0 Å². The first-order valence-corrected chi connectivity index (χ1v) is 12.6. The van der Waals surface area contributed by atoms with Crippen molar-refractivity contribution in [2.24, 2.45) is 0 Å². The maximum atomic E-state index is 12.2. The molecule has 0 spiro atoms. The van der Waals surface area contributed by atoms with E-state index in [4.69, 9.17) is 21.7 Å². The van der Waals surface area contributed by atoms with E-state index in [9.17, 15) is 10.1 Å². The van der Waals surface area contributed by atoms with Crippen molar-refractivity contribution in [3.63, 3.8) is 0 Å². The molecule has 1 unspecified atom stereocenters. The molecule has 0 fully saturated rings. The van der Waals surface area contributed by atoms with Gasteiger partial charge < -0.3 is 14.8 Å². The zero-order valence-electron chi connectivity index (χ0n) is 20.1. The standard InChI is InChI=1S/C22H40N2O3S3/c1-10-29-18(28)30-22(9,15-23)12-11-17(25)24-14-13-20(5,6)26-16-21(7,8)27-19(2,3)4/h10-14,16H2,1-9H3,(H,24,25). The largest absolute Gasteiger partial charge is 0.373 e. The molecule has 0 heterocycles. The summed E-state index contributed by atoms with van der Waals surface area (Å²) >= 11 is 8.22. The number of nitrogens with zero attached hydrogens (tertiary/aromatic N) is 1. The van der Waals surface area contributed by atoms with Crippen LogP contribution in [0.5, 0.6) is 0 Å². The molecule has 0 radical (unpaired) electrons. The molecule has 0 aromatic heterocycles. The van der Waals surface area contributed by atoms with Crippen LogP contribution < -0.4 is 5.32 Å². The number of rotatable bonds is 12. The lowest BCUT2D eigenvalue weighted by Gasteiger charge is -2.36. The van der Waals surface area contributed by atoms with Crippen molar-refractivity contribution in [3.05, 3.63) is 0 Å². The Bertz CT molecular complexity index is 610. The number of nitriles is 1. The Morgan fingerprint density at radius 2 is 1.67 bits per heavy atom. The second kappa shape index (κ2) is 12.6. The lowest BCUT2D eigenvalue weighted by atomic mass is 10.0. The molecule has 0 aromatic rings. The van der Waals surface area contributed by atoms with Gasteiger partial charge in [-0.05, 0) is 74.0 Å². The third-order valence-corrected chi connectivity index (χ3v) is 6.72. The predicted molar refractivity (Wildman–Crippen MR) is 134 cm³/mol. The number of hydrogen-bond donors (Lipinski definition) is 1. The third kappa shape index (κ3) is 14.6. The van der Waals surface area contributed by atoms with E-state index in [0.717, 1.165) is 9.28 Å². The van der Waals surface area contributed by atoms with Crippen molar-refractivity contribution in [1.82, 2.24) is 5.32 Å². The fraction of sp³-hybridized carbons (Fsp3) is 0.864. The summed E-state index contributed by atoms with van der Waals surface area (Å²) in [6.07, 6.45) is 1.44. The van der Waals surface area contributed by atoms with Crippen molar-refractivity contribution < 1.29 is 14.3 Å². The van der Waals surface area contributed by atoms with E-state index in [2.05, 4.69) is 11.4 Å². The van der Waals surface area contributed by atoms with Crippen molar-refractivity contribution >= 4 is 45.2 Å². The quantitative estimate of drug-likeness (QED) is 0.361. The molecule has 174 valence electrons. The van der Waals surface area contributed by atoms with Gasteiger partial charge in [0, 0.05) is 13.0 Å². The lowest BCUT2D eigenvalue weighted by Crippen LogP contribution is -2.42. The van der Waals surface area contributed by atoms with Gasteiger partial charge in [0.05, 0.1) is 29.5 Å². The summed E-state index contributed by atoms with van der Waals surface area (Å²) in [5.74, 6) is 0.823. The van der Waals surface area contributed by atoms with Crippen molar-refractivity contribution in [3.8, 4) is 6.07 Å². The molecule has 30 heavy (non-hydrogen) atoms. The molecule has 0 aromatic carbocycles. The van der Waals surface area contributed by atoms with E-state index < -0.39 is 10.3 Å². The monoisotopic (exact) mass is 476 g/mol. The first kappa shape index (κ1) is 29.7. The van der Waals surface area contributed by atoms with Gasteiger partial charge in [0.1, 0.15) is 8.28 Å². The molecule has 0 aliphatic heterocycles.